The smallest absolute Gasteiger partial charge is 0.0646 e. The Kier molecular flexibility index (Phi) is 7.20. The van der Waals surface area contributed by atoms with E-state index in [4.69, 9.17) is 9.47 Å². The van der Waals surface area contributed by atoms with Gasteiger partial charge in [-0.25, -0.2) is 0 Å². The lowest BCUT2D eigenvalue weighted by atomic mass is 9.83. The molecule has 3 unspecified atom stereocenters. The summed E-state index contributed by atoms with van der Waals surface area (Å²) in [5.41, 5.74) is 0. The molecule has 0 aliphatic heterocycles. The monoisotopic (exact) mass is 202 g/mol. The van der Waals surface area contributed by atoms with Crippen molar-refractivity contribution in [2.24, 2.45) is 17.8 Å². The molecule has 0 fully saturated rings. The fraction of sp³-hybridized carbons (Fsp3) is 1.00. The maximum Gasteiger partial charge on any atom is 0.0646 e. The number of methoxy groups -OCH3 is 2. The quantitative estimate of drug-likeness (QED) is 0.632. The normalized spacial score (nSPS) is 18.2. The maximum atomic E-state index is 5.57. The van der Waals surface area contributed by atoms with Gasteiger partial charge < -0.3 is 9.47 Å². The van der Waals surface area contributed by atoms with Crippen LogP contribution in [0.25, 0.3) is 0 Å². The van der Waals surface area contributed by atoms with Gasteiger partial charge in [0.2, 0.25) is 0 Å². The molecule has 0 aliphatic carbocycles. The second kappa shape index (κ2) is 7.24. The van der Waals surface area contributed by atoms with Crippen LogP contribution in [0.3, 0.4) is 0 Å². The Morgan fingerprint density at radius 3 is 1.93 bits per heavy atom. The molecule has 0 N–H and O–H groups in total. The van der Waals surface area contributed by atoms with Crippen molar-refractivity contribution in [1.82, 2.24) is 0 Å². The molecule has 0 rings (SSSR count). The van der Waals surface area contributed by atoms with E-state index >= 15 is 0 Å². The minimum Gasteiger partial charge on any atom is -0.384 e. The predicted molar refractivity (Wildman–Crippen MR) is 60.5 cm³/mol. The van der Waals surface area contributed by atoms with Gasteiger partial charge in [-0.1, -0.05) is 34.1 Å². The average molecular weight is 202 g/mol. The van der Waals surface area contributed by atoms with E-state index in [2.05, 4.69) is 27.7 Å². The highest BCUT2D eigenvalue weighted by Gasteiger charge is 2.28. The lowest BCUT2D eigenvalue weighted by Gasteiger charge is -2.32. The first kappa shape index (κ1) is 13.9. The Morgan fingerprint density at radius 1 is 1.07 bits per heavy atom. The Labute approximate surface area is 89.0 Å². The van der Waals surface area contributed by atoms with E-state index in [1.807, 2.05) is 0 Å². The van der Waals surface area contributed by atoms with Crippen molar-refractivity contribution < 1.29 is 9.47 Å². The van der Waals surface area contributed by atoms with Crippen LogP contribution in [-0.2, 0) is 9.47 Å². The van der Waals surface area contributed by atoms with Crippen LogP contribution in [0.15, 0.2) is 0 Å². The molecule has 0 aromatic heterocycles. The molecule has 0 heterocycles. The summed E-state index contributed by atoms with van der Waals surface area (Å²) in [6.07, 6.45) is 1.49. The van der Waals surface area contributed by atoms with Crippen molar-refractivity contribution in [2.45, 2.75) is 40.2 Å². The van der Waals surface area contributed by atoms with Gasteiger partial charge in [0, 0.05) is 20.1 Å². The van der Waals surface area contributed by atoms with Crippen molar-refractivity contribution in [3.8, 4) is 0 Å². The summed E-state index contributed by atoms with van der Waals surface area (Å²) < 4.78 is 10.8. The van der Waals surface area contributed by atoms with Crippen LogP contribution in [-0.4, -0.2) is 26.9 Å². The summed E-state index contributed by atoms with van der Waals surface area (Å²) in [6.45, 7) is 9.71. The van der Waals surface area contributed by atoms with Gasteiger partial charge in [-0.3, -0.25) is 0 Å². The molecule has 14 heavy (non-hydrogen) atoms. The molecule has 0 saturated heterocycles. The zero-order valence-electron chi connectivity index (χ0n) is 10.5. The van der Waals surface area contributed by atoms with Crippen LogP contribution < -0.4 is 0 Å². The van der Waals surface area contributed by atoms with Gasteiger partial charge in [-0.15, -0.1) is 0 Å². The SMILES string of the molecule is CCC(C)C(COC)C(OC)C(C)C. The summed E-state index contributed by atoms with van der Waals surface area (Å²) in [5.74, 6) is 1.71. The van der Waals surface area contributed by atoms with Gasteiger partial charge in [0.05, 0.1) is 12.7 Å². The van der Waals surface area contributed by atoms with Crippen LogP contribution in [0.1, 0.15) is 34.1 Å². The third-order valence-corrected chi connectivity index (χ3v) is 3.09. The van der Waals surface area contributed by atoms with E-state index in [0.29, 0.717) is 23.9 Å². The largest absolute Gasteiger partial charge is 0.384 e. The molecule has 0 aliphatic rings. The molecule has 2 heteroatoms. The Bertz CT molecular complexity index is 134. The summed E-state index contributed by atoms with van der Waals surface area (Å²) in [6, 6.07) is 0. The van der Waals surface area contributed by atoms with Gasteiger partial charge in [-0.2, -0.15) is 0 Å². The van der Waals surface area contributed by atoms with Crippen molar-refractivity contribution in [3.63, 3.8) is 0 Å². The fourth-order valence-corrected chi connectivity index (χ4v) is 2.02. The Morgan fingerprint density at radius 2 is 1.64 bits per heavy atom. The van der Waals surface area contributed by atoms with Crippen LogP contribution >= 0.6 is 0 Å². The topological polar surface area (TPSA) is 18.5 Å². The summed E-state index contributed by atoms with van der Waals surface area (Å²) in [4.78, 5) is 0. The summed E-state index contributed by atoms with van der Waals surface area (Å²) in [5, 5.41) is 0. The van der Waals surface area contributed by atoms with E-state index < -0.39 is 0 Å². The third-order valence-electron chi connectivity index (χ3n) is 3.09. The van der Waals surface area contributed by atoms with Gasteiger partial charge in [0.1, 0.15) is 0 Å². The molecule has 0 amide bonds. The summed E-state index contributed by atoms with van der Waals surface area (Å²) >= 11 is 0. The number of rotatable bonds is 7. The van der Waals surface area contributed by atoms with E-state index in [9.17, 15) is 0 Å². The van der Waals surface area contributed by atoms with Gasteiger partial charge >= 0.3 is 0 Å². The Balaban J connectivity index is 4.42. The zero-order valence-corrected chi connectivity index (χ0v) is 10.5. The minimum absolute atomic E-state index is 0.310. The number of hydrogen-bond donors (Lipinski definition) is 0. The highest BCUT2D eigenvalue weighted by molar-refractivity contribution is 4.77. The maximum absolute atomic E-state index is 5.57. The van der Waals surface area contributed by atoms with Crippen molar-refractivity contribution in [1.29, 1.82) is 0 Å². The highest BCUT2D eigenvalue weighted by atomic mass is 16.5. The number of ether oxygens (including phenoxy) is 2. The molecule has 2 nitrogen and oxygen atoms in total. The van der Waals surface area contributed by atoms with E-state index in [1.54, 1.807) is 14.2 Å². The lowest BCUT2D eigenvalue weighted by molar-refractivity contribution is -0.0338. The zero-order chi connectivity index (χ0) is 11.1. The Hall–Kier alpha value is -0.0800. The molecule has 0 bridgehead atoms. The minimum atomic E-state index is 0.310. The van der Waals surface area contributed by atoms with Crippen LogP contribution in [0.5, 0.6) is 0 Å². The molecular weight excluding hydrogens is 176 g/mol. The third kappa shape index (κ3) is 3.97. The molecule has 0 spiro atoms. The number of hydrogen-bond acceptors (Lipinski definition) is 2. The van der Waals surface area contributed by atoms with Gasteiger partial charge in [-0.05, 0) is 11.8 Å². The molecular formula is C12H26O2. The highest BCUT2D eigenvalue weighted by Crippen LogP contribution is 2.25. The van der Waals surface area contributed by atoms with Crippen LogP contribution in [0.2, 0.25) is 0 Å². The van der Waals surface area contributed by atoms with Crippen LogP contribution in [0.4, 0.5) is 0 Å². The first-order valence-corrected chi connectivity index (χ1v) is 5.60. The lowest BCUT2D eigenvalue weighted by Crippen LogP contribution is -2.35. The van der Waals surface area contributed by atoms with Crippen molar-refractivity contribution in [3.05, 3.63) is 0 Å². The van der Waals surface area contributed by atoms with E-state index in [0.717, 1.165) is 6.61 Å². The molecule has 0 aromatic rings. The standard InChI is InChI=1S/C12H26O2/c1-7-10(4)11(8-13-5)12(14-6)9(2)3/h9-12H,7-8H2,1-6H3. The molecule has 86 valence electrons. The van der Waals surface area contributed by atoms with E-state index in [1.165, 1.54) is 6.42 Å². The average Bonchev–Trinajstić information content (AvgIpc) is 2.16. The first-order chi connectivity index (χ1) is 6.58. The van der Waals surface area contributed by atoms with Crippen molar-refractivity contribution in [2.75, 3.05) is 20.8 Å². The second-order valence-electron chi connectivity index (χ2n) is 4.45. The molecule has 0 aromatic carbocycles. The van der Waals surface area contributed by atoms with Crippen molar-refractivity contribution >= 4 is 0 Å². The van der Waals surface area contributed by atoms with E-state index in [-0.39, 0.29) is 0 Å². The summed E-state index contributed by atoms with van der Waals surface area (Å²) in [7, 11) is 3.57. The predicted octanol–water partition coefficient (Wildman–Crippen LogP) is 2.97. The fourth-order valence-electron chi connectivity index (χ4n) is 2.02. The molecule has 0 radical (unpaired) electrons. The second-order valence-corrected chi connectivity index (χ2v) is 4.45. The molecule has 0 saturated carbocycles. The first-order valence-electron chi connectivity index (χ1n) is 5.60. The van der Waals surface area contributed by atoms with Crippen LogP contribution in [0, 0.1) is 17.8 Å². The van der Waals surface area contributed by atoms with Gasteiger partial charge in [0.15, 0.2) is 0 Å². The van der Waals surface area contributed by atoms with Gasteiger partial charge in [0.25, 0.3) is 0 Å². The molecule has 3 atom stereocenters.